The van der Waals surface area contributed by atoms with Crippen LogP contribution in [0.1, 0.15) is 22.8 Å². The van der Waals surface area contributed by atoms with Gasteiger partial charge < -0.3 is 18.9 Å². The normalized spacial score (nSPS) is 16.9. The van der Waals surface area contributed by atoms with E-state index in [0.717, 1.165) is 0 Å². The molecule has 1 aromatic carbocycles. The Hall–Kier alpha value is -1.60. The fraction of sp³-hybridized carbons (Fsp3) is 0.467. The highest BCUT2D eigenvalue weighted by Gasteiger charge is 2.27. The third-order valence-electron chi connectivity index (χ3n) is 3.20. The van der Waals surface area contributed by atoms with Crippen molar-refractivity contribution in [2.75, 3.05) is 25.7 Å². The molecule has 0 N–H and O–H groups in total. The number of ketones is 1. The second-order valence-corrected chi connectivity index (χ2v) is 5.47. The average molecular weight is 373 g/mol. The quantitative estimate of drug-likeness (QED) is 0.562. The number of hydrogen-bond acceptors (Lipinski definition) is 6. The number of Topliss-reactive ketones (excluding diaryl/α,β-unsaturated/α-hetero) is 1. The first-order valence-electron chi connectivity index (χ1n) is 6.78. The summed E-state index contributed by atoms with van der Waals surface area (Å²) in [6, 6.07) is 3.28. The second-order valence-electron chi connectivity index (χ2n) is 4.68. The van der Waals surface area contributed by atoms with E-state index in [-0.39, 0.29) is 19.0 Å². The fourth-order valence-electron chi connectivity index (χ4n) is 2.06. The number of ether oxygens (including phenoxy) is 4. The Morgan fingerprint density at radius 1 is 1.41 bits per heavy atom. The van der Waals surface area contributed by atoms with E-state index in [9.17, 15) is 9.59 Å². The van der Waals surface area contributed by atoms with Gasteiger partial charge in [-0.1, -0.05) is 15.9 Å². The average Bonchev–Trinajstić information content (AvgIpc) is 2.53. The topological polar surface area (TPSA) is 71.1 Å². The van der Waals surface area contributed by atoms with Crippen molar-refractivity contribution in [3.8, 4) is 11.5 Å². The SMILES string of the molecule is COc1cc2c(cc1OCC(=O)OCCBr)COC(C)C2=O. The Labute approximate surface area is 136 Å². The molecule has 0 spiro atoms. The van der Waals surface area contributed by atoms with Crippen LogP contribution in [-0.4, -0.2) is 43.5 Å². The van der Waals surface area contributed by atoms with Crippen molar-refractivity contribution in [1.29, 1.82) is 0 Å². The van der Waals surface area contributed by atoms with Crippen LogP contribution in [0.5, 0.6) is 11.5 Å². The highest BCUT2D eigenvalue weighted by atomic mass is 79.9. The van der Waals surface area contributed by atoms with Crippen molar-refractivity contribution in [3.63, 3.8) is 0 Å². The van der Waals surface area contributed by atoms with Gasteiger partial charge in [-0.15, -0.1) is 0 Å². The van der Waals surface area contributed by atoms with Crippen molar-refractivity contribution >= 4 is 27.7 Å². The number of hydrogen-bond donors (Lipinski definition) is 0. The third-order valence-corrected chi connectivity index (χ3v) is 3.52. The molecule has 6 nitrogen and oxygen atoms in total. The number of alkyl halides is 1. The molecule has 1 atom stereocenters. The highest BCUT2D eigenvalue weighted by Crippen LogP contribution is 2.34. The number of halogens is 1. The van der Waals surface area contributed by atoms with Crippen molar-refractivity contribution in [2.24, 2.45) is 0 Å². The smallest absolute Gasteiger partial charge is 0.344 e. The van der Waals surface area contributed by atoms with Crippen molar-refractivity contribution in [3.05, 3.63) is 23.3 Å². The molecule has 1 heterocycles. The predicted octanol–water partition coefficient (Wildman–Crippen LogP) is 2.11. The fourth-order valence-corrected chi connectivity index (χ4v) is 2.23. The Kier molecular flexibility index (Phi) is 5.79. The number of fused-ring (bicyclic) bond motifs is 1. The van der Waals surface area contributed by atoms with E-state index < -0.39 is 12.1 Å². The molecular weight excluding hydrogens is 356 g/mol. The lowest BCUT2D eigenvalue weighted by Gasteiger charge is -2.22. The number of carbonyl (C=O) groups excluding carboxylic acids is 2. The number of benzene rings is 1. The zero-order valence-electron chi connectivity index (χ0n) is 12.4. The highest BCUT2D eigenvalue weighted by molar-refractivity contribution is 9.09. The Balaban J connectivity index is 2.15. The van der Waals surface area contributed by atoms with Gasteiger partial charge in [0.05, 0.1) is 13.7 Å². The Bertz CT molecular complexity index is 571. The van der Waals surface area contributed by atoms with Crippen molar-refractivity contribution < 1.29 is 28.5 Å². The summed E-state index contributed by atoms with van der Waals surface area (Å²) in [7, 11) is 1.48. The summed E-state index contributed by atoms with van der Waals surface area (Å²) >= 11 is 3.16. The third kappa shape index (κ3) is 3.78. The summed E-state index contributed by atoms with van der Waals surface area (Å²) in [5.74, 6) is 0.209. The molecule has 0 fully saturated rings. The van der Waals surface area contributed by atoms with Crippen LogP contribution in [0, 0.1) is 0 Å². The molecule has 0 bridgehead atoms. The van der Waals surface area contributed by atoms with Crippen LogP contribution in [0.25, 0.3) is 0 Å². The van der Waals surface area contributed by atoms with Gasteiger partial charge in [0, 0.05) is 10.9 Å². The first-order valence-corrected chi connectivity index (χ1v) is 7.90. The lowest BCUT2D eigenvalue weighted by atomic mass is 9.97. The number of carbonyl (C=O) groups is 2. The van der Waals surface area contributed by atoms with Crippen LogP contribution in [0.2, 0.25) is 0 Å². The summed E-state index contributed by atoms with van der Waals surface area (Å²) in [5, 5.41) is 0.568. The standard InChI is InChI=1S/C15H17BrO6/c1-9-15(18)11-6-12(19-2)13(5-10(11)7-21-9)22-8-14(17)20-4-3-16/h5-6,9H,3-4,7-8H2,1-2H3. The van der Waals surface area contributed by atoms with Crippen LogP contribution in [0.15, 0.2) is 12.1 Å². The largest absolute Gasteiger partial charge is 0.493 e. The molecular formula is C15H17BrO6. The van der Waals surface area contributed by atoms with Gasteiger partial charge >= 0.3 is 5.97 Å². The predicted molar refractivity (Wildman–Crippen MR) is 81.8 cm³/mol. The van der Waals surface area contributed by atoms with E-state index in [1.807, 2.05) is 0 Å². The van der Waals surface area contributed by atoms with E-state index in [4.69, 9.17) is 18.9 Å². The van der Waals surface area contributed by atoms with E-state index in [0.29, 0.717) is 34.6 Å². The summed E-state index contributed by atoms with van der Waals surface area (Å²) < 4.78 is 20.9. The van der Waals surface area contributed by atoms with E-state index >= 15 is 0 Å². The molecule has 0 amide bonds. The van der Waals surface area contributed by atoms with Crippen LogP contribution < -0.4 is 9.47 Å². The summed E-state index contributed by atoms with van der Waals surface area (Å²) in [6.45, 7) is 2.08. The van der Waals surface area contributed by atoms with Crippen molar-refractivity contribution in [1.82, 2.24) is 0 Å². The number of methoxy groups -OCH3 is 1. The van der Waals surface area contributed by atoms with Crippen LogP contribution >= 0.6 is 15.9 Å². The molecule has 0 saturated carbocycles. The van der Waals surface area contributed by atoms with E-state index in [1.165, 1.54) is 7.11 Å². The van der Waals surface area contributed by atoms with Gasteiger partial charge in [0.1, 0.15) is 12.7 Å². The maximum absolute atomic E-state index is 12.1. The summed E-state index contributed by atoms with van der Waals surface area (Å²) in [6.07, 6.45) is -0.469. The second kappa shape index (κ2) is 7.60. The molecule has 1 aliphatic rings. The molecule has 1 aromatic rings. The maximum atomic E-state index is 12.1. The Morgan fingerprint density at radius 3 is 2.86 bits per heavy atom. The van der Waals surface area contributed by atoms with E-state index in [2.05, 4.69) is 15.9 Å². The molecule has 0 radical (unpaired) electrons. The van der Waals surface area contributed by atoms with Gasteiger partial charge in [-0.25, -0.2) is 4.79 Å². The lowest BCUT2D eigenvalue weighted by Crippen LogP contribution is -2.27. The minimum Gasteiger partial charge on any atom is -0.493 e. The zero-order valence-corrected chi connectivity index (χ0v) is 14.0. The van der Waals surface area contributed by atoms with Crippen LogP contribution in [0.4, 0.5) is 0 Å². The first-order chi connectivity index (χ1) is 10.6. The molecule has 1 aliphatic heterocycles. The van der Waals surface area contributed by atoms with Gasteiger partial charge in [-0.3, -0.25) is 4.79 Å². The monoisotopic (exact) mass is 372 g/mol. The lowest BCUT2D eigenvalue weighted by molar-refractivity contribution is -0.145. The summed E-state index contributed by atoms with van der Waals surface area (Å²) in [5.41, 5.74) is 1.28. The van der Waals surface area contributed by atoms with Crippen LogP contribution in [-0.2, 0) is 20.9 Å². The zero-order chi connectivity index (χ0) is 16.1. The van der Waals surface area contributed by atoms with E-state index in [1.54, 1.807) is 19.1 Å². The molecule has 22 heavy (non-hydrogen) atoms. The van der Waals surface area contributed by atoms with Crippen molar-refractivity contribution in [2.45, 2.75) is 19.6 Å². The molecule has 0 saturated heterocycles. The first kappa shape index (κ1) is 16.8. The van der Waals surface area contributed by atoms with Gasteiger partial charge in [0.2, 0.25) is 0 Å². The molecule has 0 aromatic heterocycles. The molecule has 2 rings (SSSR count). The summed E-state index contributed by atoms with van der Waals surface area (Å²) in [4.78, 5) is 23.6. The number of esters is 1. The van der Waals surface area contributed by atoms with Gasteiger partial charge in [0.25, 0.3) is 0 Å². The minimum atomic E-state index is -0.472. The molecule has 0 aliphatic carbocycles. The minimum absolute atomic E-state index is 0.0946. The van der Waals surface area contributed by atoms with Gasteiger partial charge in [0.15, 0.2) is 23.9 Å². The molecule has 120 valence electrons. The van der Waals surface area contributed by atoms with Gasteiger partial charge in [-0.05, 0) is 24.6 Å². The number of rotatable bonds is 6. The Morgan fingerprint density at radius 2 is 2.18 bits per heavy atom. The molecule has 7 heteroatoms. The van der Waals surface area contributed by atoms with Crippen LogP contribution in [0.3, 0.4) is 0 Å². The maximum Gasteiger partial charge on any atom is 0.344 e. The van der Waals surface area contributed by atoms with Gasteiger partial charge in [-0.2, -0.15) is 0 Å². The molecule has 1 unspecified atom stereocenters.